The lowest BCUT2D eigenvalue weighted by molar-refractivity contribution is 0.353. The van der Waals surface area contributed by atoms with Gasteiger partial charge >= 0.3 is 7.60 Å². The van der Waals surface area contributed by atoms with Crippen LogP contribution in [0.4, 0.5) is 0 Å². The molecule has 0 spiro atoms. The third kappa shape index (κ3) is 5.08. The number of benzene rings is 3. The molecule has 0 amide bonds. The van der Waals surface area contributed by atoms with Crippen LogP contribution in [0.25, 0.3) is 0 Å². The number of para-hydroxylation sites is 2. The molecule has 0 N–H and O–H groups in total. The highest BCUT2D eigenvalue weighted by Gasteiger charge is 2.41. The van der Waals surface area contributed by atoms with E-state index in [9.17, 15) is 4.57 Å². The van der Waals surface area contributed by atoms with Crippen LogP contribution in [0.5, 0.6) is 23.0 Å². The van der Waals surface area contributed by atoms with Gasteiger partial charge in [-0.3, -0.25) is 0 Å². The summed E-state index contributed by atoms with van der Waals surface area (Å²) < 4.78 is 36.5. The van der Waals surface area contributed by atoms with Crippen LogP contribution >= 0.6 is 19.8 Å². The Balaban J connectivity index is 2.10. The minimum atomic E-state index is -3.96. The van der Waals surface area contributed by atoms with Crippen molar-refractivity contribution in [2.75, 3.05) is 14.2 Å². The van der Waals surface area contributed by atoms with Gasteiger partial charge in [-0.1, -0.05) is 42.5 Å². The normalized spacial score (nSPS) is 11.7. The maximum atomic E-state index is 14.1. The predicted molar refractivity (Wildman–Crippen MR) is 119 cm³/mol. The van der Waals surface area contributed by atoms with Crippen LogP contribution in [-0.2, 0) is 4.57 Å². The molecule has 0 aliphatic carbocycles. The van der Waals surface area contributed by atoms with Gasteiger partial charge in [0.25, 0.3) is 0 Å². The Hall–Kier alpha value is -3.11. The number of nitrogens with zero attached hydrogens (tertiary/aromatic N) is 1. The minimum Gasteiger partial charge on any atom is -0.493 e. The first-order chi connectivity index (χ1) is 14.6. The van der Waals surface area contributed by atoms with Crippen LogP contribution in [0.1, 0.15) is 11.3 Å². The van der Waals surface area contributed by atoms with Crippen molar-refractivity contribution < 1.29 is 23.1 Å². The third-order valence-corrected chi connectivity index (χ3v) is 6.18. The average molecular weight is 441 g/mol. The zero-order valence-corrected chi connectivity index (χ0v) is 18.1. The van der Waals surface area contributed by atoms with E-state index in [1.165, 1.54) is 14.2 Å². The summed E-state index contributed by atoms with van der Waals surface area (Å²) in [4.78, 5) is 4.15. The molecule has 30 heavy (non-hydrogen) atoms. The summed E-state index contributed by atoms with van der Waals surface area (Å²) in [5.41, 5.74) is 0.514. The number of hydrogen-bond donors (Lipinski definition) is 0. The summed E-state index contributed by atoms with van der Waals surface area (Å²) in [6, 6.07) is 22.6. The number of isothiocyanates is 1. The van der Waals surface area contributed by atoms with E-state index in [2.05, 4.69) is 10.2 Å². The molecule has 3 rings (SSSR count). The fraction of sp³-hybridized carbons (Fsp3) is 0.136. The molecule has 0 saturated carbocycles. The SMILES string of the molecule is COc1ccc(C(N=C=S)P(=O)(Oc2ccccc2)Oc2ccccc2)cc1OC. The summed E-state index contributed by atoms with van der Waals surface area (Å²) in [6.45, 7) is 0. The molecule has 0 aromatic heterocycles. The number of hydrogen-bond acceptors (Lipinski definition) is 7. The molecule has 3 aromatic rings. The van der Waals surface area contributed by atoms with E-state index in [1.807, 2.05) is 12.1 Å². The maximum Gasteiger partial charge on any atom is 0.460 e. The van der Waals surface area contributed by atoms with E-state index in [0.717, 1.165) is 0 Å². The highest BCUT2D eigenvalue weighted by Crippen LogP contribution is 2.61. The largest absolute Gasteiger partial charge is 0.493 e. The van der Waals surface area contributed by atoms with Crippen LogP contribution in [-0.4, -0.2) is 19.4 Å². The fourth-order valence-corrected chi connectivity index (χ4v) is 4.74. The molecule has 1 atom stereocenters. The lowest BCUT2D eigenvalue weighted by Crippen LogP contribution is -2.10. The molecule has 0 fully saturated rings. The van der Waals surface area contributed by atoms with E-state index in [1.54, 1.807) is 66.7 Å². The summed E-state index contributed by atoms with van der Waals surface area (Å²) in [5, 5.41) is 2.31. The summed E-state index contributed by atoms with van der Waals surface area (Å²) in [6.07, 6.45) is 0. The Labute approximate surface area is 180 Å². The van der Waals surface area contributed by atoms with Crippen molar-refractivity contribution in [1.29, 1.82) is 0 Å². The van der Waals surface area contributed by atoms with Crippen LogP contribution in [0.15, 0.2) is 83.9 Å². The number of thiocarbonyl (C=S) groups is 1. The van der Waals surface area contributed by atoms with Crippen molar-refractivity contribution in [2.45, 2.75) is 5.78 Å². The number of methoxy groups -OCH3 is 2. The Kier molecular flexibility index (Phi) is 7.26. The van der Waals surface area contributed by atoms with Gasteiger partial charge in [0.1, 0.15) is 11.5 Å². The van der Waals surface area contributed by atoms with Crippen molar-refractivity contribution in [3.63, 3.8) is 0 Å². The average Bonchev–Trinajstić information content (AvgIpc) is 2.78. The van der Waals surface area contributed by atoms with Gasteiger partial charge in [0.2, 0.25) is 5.78 Å². The molecule has 0 aliphatic rings. The maximum absolute atomic E-state index is 14.1. The van der Waals surface area contributed by atoms with Crippen LogP contribution < -0.4 is 18.5 Å². The van der Waals surface area contributed by atoms with Crippen molar-refractivity contribution in [3.8, 4) is 23.0 Å². The second kappa shape index (κ2) is 10.1. The minimum absolute atomic E-state index is 0.377. The molecule has 0 aliphatic heterocycles. The molecule has 0 bridgehead atoms. The van der Waals surface area contributed by atoms with Gasteiger partial charge in [0, 0.05) is 0 Å². The molecular formula is C22H20NO5PS. The number of ether oxygens (including phenoxy) is 2. The predicted octanol–water partition coefficient (Wildman–Crippen LogP) is 6.16. The first-order valence-electron chi connectivity index (χ1n) is 8.97. The highest BCUT2D eigenvalue weighted by molar-refractivity contribution is 7.78. The molecule has 1 unspecified atom stereocenters. The molecule has 0 radical (unpaired) electrons. The Morgan fingerprint density at radius 2 is 1.37 bits per heavy atom. The van der Waals surface area contributed by atoms with Gasteiger partial charge in [-0.15, -0.1) is 0 Å². The first kappa shape index (κ1) is 21.6. The lowest BCUT2D eigenvalue weighted by atomic mass is 10.2. The smallest absolute Gasteiger partial charge is 0.460 e. The summed E-state index contributed by atoms with van der Waals surface area (Å²) in [7, 11) is -0.910. The van der Waals surface area contributed by atoms with Gasteiger partial charge in [-0.05, 0) is 54.2 Å². The van der Waals surface area contributed by atoms with Crippen LogP contribution in [0.2, 0.25) is 0 Å². The zero-order valence-electron chi connectivity index (χ0n) is 16.4. The molecule has 0 saturated heterocycles. The van der Waals surface area contributed by atoms with E-state index in [-0.39, 0.29) is 0 Å². The van der Waals surface area contributed by atoms with E-state index in [4.69, 9.17) is 30.7 Å². The Morgan fingerprint density at radius 1 is 0.833 bits per heavy atom. The summed E-state index contributed by atoms with van der Waals surface area (Å²) >= 11 is 4.83. The van der Waals surface area contributed by atoms with E-state index in [0.29, 0.717) is 28.6 Å². The fourth-order valence-electron chi connectivity index (χ4n) is 2.77. The summed E-state index contributed by atoms with van der Waals surface area (Å²) in [5.74, 6) is 0.651. The lowest BCUT2D eigenvalue weighted by Gasteiger charge is -2.25. The number of aliphatic imine (C=N–C) groups is 1. The van der Waals surface area contributed by atoms with Gasteiger partial charge in [0.05, 0.1) is 19.4 Å². The third-order valence-electron chi connectivity index (χ3n) is 4.13. The van der Waals surface area contributed by atoms with Gasteiger partial charge < -0.3 is 18.5 Å². The zero-order chi connectivity index (χ0) is 21.4. The molecule has 6 nitrogen and oxygen atoms in total. The molecule has 154 valence electrons. The van der Waals surface area contributed by atoms with Crippen molar-refractivity contribution >= 4 is 25.0 Å². The first-order valence-corrected chi connectivity index (χ1v) is 11.0. The van der Waals surface area contributed by atoms with E-state index < -0.39 is 13.4 Å². The van der Waals surface area contributed by atoms with Gasteiger partial charge in [-0.2, -0.15) is 0 Å². The molecule has 8 heteroatoms. The van der Waals surface area contributed by atoms with Crippen molar-refractivity contribution in [3.05, 3.63) is 84.4 Å². The van der Waals surface area contributed by atoms with Gasteiger partial charge in [-0.25, -0.2) is 9.56 Å². The highest BCUT2D eigenvalue weighted by atomic mass is 32.1. The Morgan fingerprint density at radius 3 is 1.83 bits per heavy atom. The van der Waals surface area contributed by atoms with Crippen molar-refractivity contribution in [1.82, 2.24) is 0 Å². The number of rotatable bonds is 9. The van der Waals surface area contributed by atoms with E-state index >= 15 is 0 Å². The Bertz CT molecular complexity index is 1030. The second-order valence-electron chi connectivity index (χ2n) is 6.06. The second-order valence-corrected chi connectivity index (χ2v) is 8.17. The van der Waals surface area contributed by atoms with Crippen LogP contribution in [0, 0.1) is 0 Å². The topological polar surface area (TPSA) is 66.4 Å². The van der Waals surface area contributed by atoms with Crippen molar-refractivity contribution in [2.24, 2.45) is 4.99 Å². The monoisotopic (exact) mass is 441 g/mol. The molecule has 0 heterocycles. The van der Waals surface area contributed by atoms with Gasteiger partial charge in [0.15, 0.2) is 11.5 Å². The quantitative estimate of drug-likeness (QED) is 0.225. The molecular weight excluding hydrogens is 421 g/mol. The van der Waals surface area contributed by atoms with Crippen LogP contribution in [0.3, 0.4) is 0 Å². The standard InChI is InChI=1S/C22H20NO5PS/c1-25-20-14-13-17(15-21(20)26-2)22(23-16-30)29(24,27-18-9-5-3-6-10-18)28-19-11-7-4-8-12-19/h3-15,22H,1-2H3. The molecule has 3 aromatic carbocycles.